The number of halogens is 2. The lowest BCUT2D eigenvalue weighted by molar-refractivity contribution is 0.0696. The quantitative estimate of drug-likeness (QED) is 0.535. The Labute approximate surface area is 194 Å². The van der Waals surface area contributed by atoms with E-state index in [1.807, 2.05) is 11.8 Å². The van der Waals surface area contributed by atoms with E-state index in [1.165, 1.54) is 30.5 Å². The molecule has 1 saturated heterocycles. The minimum atomic E-state index is -1.01. The highest BCUT2D eigenvalue weighted by molar-refractivity contribution is 6.31. The number of amides is 1. The van der Waals surface area contributed by atoms with Gasteiger partial charge in [0.05, 0.1) is 35.3 Å². The fraction of sp³-hybridized carbons (Fsp3) is 0.208. The summed E-state index contributed by atoms with van der Waals surface area (Å²) in [6.45, 7) is 2.83. The van der Waals surface area contributed by atoms with Crippen LogP contribution >= 0.6 is 11.6 Å². The zero-order chi connectivity index (χ0) is 23.5. The van der Waals surface area contributed by atoms with Crippen LogP contribution in [0, 0.1) is 5.82 Å². The van der Waals surface area contributed by atoms with Gasteiger partial charge in [-0.05, 0) is 55.0 Å². The molecule has 0 bridgehead atoms. The summed E-state index contributed by atoms with van der Waals surface area (Å²) in [5.41, 5.74) is 1.27. The molecule has 4 rings (SSSR count). The first-order valence-electron chi connectivity index (χ1n) is 10.3. The van der Waals surface area contributed by atoms with Gasteiger partial charge in [-0.2, -0.15) is 0 Å². The van der Waals surface area contributed by atoms with Crippen molar-refractivity contribution in [3.05, 3.63) is 88.3 Å². The van der Waals surface area contributed by atoms with Crippen molar-refractivity contribution in [3.8, 4) is 5.75 Å². The third-order valence-electron chi connectivity index (χ3n) is 5.35. The summed E-state index contributed by atoms with van der Waals surface area (Å²) >= 11 is 6.10. The smallest absolute Gasteiger partial charge is 0.335 e. The standard InChI is InChI=1S/C24H21ClFN3O4/c1-14(15-2-4-16(5-3-15)24(31)32)28-23(30)21-10-17(25)11-27-22(21)29-12-20(13-29)33-19-8-6-18(26)7-9-19/h2-11,14,20H,12-13H2,1H3,(H,28,30)(H,31,32). The zero-order valence-electron chi connectivity index (χ0n) is 17.7. The van der Waals surface area contributed by atoms with Gasteiger partial charge in [-0.1, -0.05) is 23.7 Å². The van der Waals surface area contributed by atoms with E-state index >= 15 is 0 Å². The van der Waals surface area contributed by atoms with Gasteiger partial charge in [0.1, 0.15) is 23.5 Å². The molecule has 0 saturated carbocycles. The second-order valence-corrected chi connectivity index (χ2v) is 8.18. The van der Waals surface area contributed by atoms with Crippen LogP contribution in [0.2, 0.25) is 5.02 Å². The molecule has 0 spiro atoms. The van der Waals surface area contributed by atoms with Crippen LogP contribution in [0.4, 0.5) is 10.2 Å². The molecule has 170 valence electrons. The van der Waals surface area contributed by atoms with E-state index in [0.717, 1.165) is 5.56 Å². The number of carboxylic acids is 1. The SMILES string of the molecule is CC(NC(=O)c1cc(Cl)cnc1N1CC(Oc2ccc(F)cc2)C1)c1ccc(C(=O)O)cc1. The predicted molar refractivity (Wildman–Crippen MR) is 122 cm³/mol. The number of nitrogens with one attached hydrogen (secondary N) is 1. The summed E-state index contributed by atoms with van der Waals surface area (Å²) in [4.78, 5) is 30.3. The van der Waals surface area contributed by atoms with Gasteiger partial charge in [0.15, 0.2) is 0 Å². The van der Waals surface area contributed by atoms with E-state index in [0.29, 0.717) is 35.2 Å². The monoisotopic (exact) mass is 469 g/mol. The van der Waals surface area contributed by atoms with Gasteiger partial charge in [0.25, 0.3) is 5.91 Å². The molecule has 2 aromatic carbocycles. The van der Waals surface area contributed by atoms with E-state index < -0.39 is 5.97 Å². The minimum absolute atomic E-state index is 0.115. The van der Waals surface area contributed by atoms with Gasteiger partial charge in [-0.15, -0.1) is 0 Å². The van der Waals surface area contributed by atoms with Gasteiger partial charge < -0.3 is 20.1 Å². The molecular weight excluding hydrogens is 449 g/mol. The van der Waals surface area contributed by atoms with Crippen LogP contribution in [0.25, 0.3) is 0 Å². The second-order valence-electron chi connectivity index (χ2n) is 7.75. The number of ether oxygens (including phenoxy) is 1. The fourth-order valence-corrected chi connectivity index (χ4v) is 3.67. The molecule has 33 heavy (non-hydrogen) atoms. The first kappa shape index (κ1) is 22.5. The minimum Gasteiger partial charge on any atom is -0.487 e. The van der Waals surface area contributed by atoms with Gasteiger partial charge >= 0.3 is 5.97 Å². The van der Waals surface area contributed by atoms with Gasteiger partial charge in [0.2, 0.25) is 0 Å². The Balaban J connectivity index is 1.43. The Hall–Kier alpha value is -3.65. The van der Waals surface area contributed by atoms with Gasteiger partial charge in [0, 0.05) is 6.20 Å². The molecular formula is C24H21ClFN3O4. The third kappa shape index (κ3) is 5.23. The summed E-state index contributed by atoms with van der Waals surface area (Å²) in [6.07, 6.45) is 1.37. The number of carbonyl (C=O) groups excluding carboxylic acids is 1. The van der Waals surface area contributed by atoms with E-state index in [1.54, 1.807) is 30.3 Å². The molecule has 1 amide bonds. The molecule has 0 aliphatic carbocycles. The summed E-state index contributed by atoms with van der Waals surface area (Å²) in [7, 11) is 0. The lowest BCUT2D eigenvalue weighted by Gasteiger charge is -2.40. The van der Waals surface area contributed by atoms with Gasteiger partial charge in [-0.25, -0.2) is 14.2 Å². The van der Waals surface area contributed by atoms with Crippen molar-refractivity contribution in [1.29, 1.82) is 0 Å². The van der Waals surface area contributed by atoms with E-state index in [9.17, 15) is 14.0 Å². The van der Waals surface area contributed by atoms with Crippen LogP contribution < -0.4 is 15.0 Å². The van der Waals surface area contributed by atoms with Crippen molar-refractivity contribution in [2.45, 2.75) is 19.1 Å². The molecule has 9 heteroatoms. The van der Waals surface area contributed by atoms with Crippen molar-refractivity contribution in [1.82, 2.24) is 10.3 Å². The van der Waals surface area contributed by atoms with Crippen LogP contribution in [0.5, 0.6) is 5.75 Å². The Morgan fingerprint density at radius 1 is 1.18 bits per heavy atom. The number of anilines is 1. The Bertz CT molecular complexity index is 1170. The number of hydrogen-bond donors (Lipinski definition) is 2. The van der Waals surface area contributed by atoms with Crippen LogP contribution in [0.3, 0.4) is 0 Å². The molecule has 2 heterocycles. The van der Waals surface area contributed by atoms with Crippen molar-refractivity contribution in [2.24, 2.45) is 0 Å². The lowest BCUT2D eigenvalue weighted by atomic mass is 10.1. The highest BCUT2D eigenvalue weighted by Crippen LogP contribution is 2.28. The molecule has 1 aliphatic heterocycles. The molecule has 1 unspecified atom stereocenters. The maximum atomic E-state index is 13.1. The zero-order valence-corrected chi connectivity index (χ0v) is 18.4. The third-order valence-corrected chi connectivity index (χ3v) is 5.55. The molecule has 2 N–H and O–H groups in total. The number of nitrogens with zero attached hydrogens (tertiary/aromatic N) is 2. The highest BCUT2D eigenvalue weighted by Gasteiger charge is 2.32. The van der Waals surface area contributed by atoms with Crippen LogP contribution in [-0.2, 0) is 0 Å². The van der Waals surface area contributed by atoms with Crippen molar-refractivity contribution in [3.63, 3.8) is 0 Å². The van der Waals surface area contributed by atoms with Crippen molar-refractivity contribution in [2.75, 3.05) is 18.0 Å². The maximum absolute atomic E-state index is 13.1. The van der Waals surface area contributed by atoms with E-state index in [2.05, 4.69) is 10.3 Å². The molecule has 1 fully saturated rings. The van der Waals surface area contributed by atoms with E-state index in [4.69, 9.17) is 21.4 Å². The van der Waals surface area contributed by atoms with Crippen LogP contribution in [0.15, 0.2) is 60.8 Å². The first-order valence-corrected chi connectivity index (χ1v) is 10.6. The number of carboxylic acid groups (broad SMARTS) is 1. The second kappa shape index (κ2) is 9.46. The maximum Gasteiger partial charge on any atom is 0.335 e. The molecule has 7 nitrogen and oxygen atoms in total. The summed E-state index contributed by atoms with van der Waals surface area (Å²) in [5, 5.41) is 12.3. The number of rotatable bonds is 7. The molecule has 1 aliphatic rings. The normalized spacial score (nSPS) is 14.3. The summed E-state index contributed by atoms with van der Waals surface area (Å²) < 4.78 is 18.9. The highest BCUT2D eigenvalue weighted by atomic mass is 35.5. The molecule has 3 aromatic rings. The number of pyridine rings is 1. The average Bonchev–Trinajstić information content (AvgIpc) is 2.77. The fourth-order valence-electron chi connectivity index (χ4n) is 3.51. The predicted octanol–water partition coefficient (Wildman–Crippen LogP) is 4.33. The number of aromatic nitrogens is 1. The van der Waals surface area contributed by atoms with Crippen molar-refractivity contribution >= 4 is 29.3 Å². The van der Waals surface area contributed by atoms with Crippen molar-refractivity contribution < 1.29 is 23.8 Å². The number of carbonyl (C=O) groups is 2. The lowest BCUT2D eigenvalue weighted by Crippen LogP contribution is -2.54. The molecule has 1 atom stereocenters. The van der Waals surface area contributed by atoms with Gasteiger partial charge in [-0.3, -0.25) is 4.79 Å². The number of benzene rings is 2. The first-order chi connectivity index (χ1) is 15.8. The number of hydrogen-bond acceptors (Lipinski definition) is 5. The number of aromatic carboxylic acids is 1. The largest absolute Gasteiger partial charge is 0.487 e. The average molecular weight is 470 g/mol. The van der Waals surface area contributed by atoms with Crippen LogP contribution in [-0.4, -0.2) is 41.2 Å². The molecule has 1 aromatic heterocycles. The topological polar surface area (TPSA) is 91.8 Å². The summed E-state index contributed by atoms with van der Waals surface area (Å²) in [6, 6.07) is 13.3. The Morgan fingerprint density at radius 3 is 2.48 bits per heavy atom. The van der Waals surface area contributed by atoms with E-state index in [-0.39, 0.29) is 29.4 Å². The Morgan fingerprint density at radius 2 is 1.85 bits per heavy atom. The Kier molecular flexibility index (Phi) is 6.46. The summed E-state index contributed by atoms with van der Waals surface area (Å²) in [5.74, 6) is -0.623. The molecule has 0 radical (unpaired) electrons. The van der Waals surface area contributed by atoms with Crippen LogP contribution in [0.1, 0.15) is 39.2 Å².